The topological polar surface area (TPSA) is 78.5 Å². The standard InChI is InChI=1S/C14H16FN3O3/c1-3-14(2)12(20)18(13(21)17-14)8-11(19)16-10-6-4-9(15)5-7-10/h4-7H,3,8H2,1-2H3,(H,16,19)(H,17,21). The smallest absolute Gasteiger partial charge is 0.325 e. The minimum atomic E-state index is -0.965. The lowest BCUT2D eigenvalue weighted by molar-refractivity contribution is -0.133. The minimum Gasteiger partial charge on any atom is -0.325 e. The van der Waals surface area contributed by atoms with Crippen LogP contribution in [0.1, 0.15) is 20.3 Å². The Labute approximate surface area is 121 Å². The Bertz CT molecular complexity index is 588. The molecule has 0 spiro atoms. The van der Waals surface area contributed by atoms with E-state index in [2.05, 4.69) is 10.6 Å². The number of nitrogens with zero attached hydrogens (tertiary/aromatic N) is 1. The predicted octanol–water partition coefficient (Wildman–Crippen LogP) is 1.48. The van der Waals surface area contributed by atoms with Crippen molar-refractivity contribution in [3.05, 3.63) is 30.1 Å². The molecule has 7 heteroatoms. The molecule has 1 unspecified atom stereocenters. The van der Waals surface area contributed by atoms with Crippen molar-refractivity contribution in [1.82, 2.24) is 10.2 Å². The fraction of sp³-hybridized carbons (Fsp3) is 0.357. The highest BCUT2D eigenvalue weighted by Gasteiger charge is 2.46. The van der Waals surface area contributed by atoms with Crippen molar-refractivity contribution >= 4 is 23.5 Å². The third-order valence-electron chi connectivity index (χ3n) is 3.48. The average Bonchev–Trinajstić information content (AvgIpc) is 2.66. The van der Waals surface area contributed by atoms with E-state index in [1.165, 1.54) is 24.3 Å². The first-order chi connectivity index (χ1) is 9.85. The van der Waals surface area contributed by atoms with Crippen LogP contribution in [-0.4, -0.2) is 34.8 Å². The molecule has 1 heterocycles. The largest absolute Gasteiger partial charge is 0.325 e. The van der Waals surface area contributed by atoms with Gasteiger partial charge in [-0.1, -0.05) is 6.92 Å². The zero-order valence-electron chi connectivity index (χ0n) is 11.8. The molecule has 2 rings (SSSR count). The SMILES string of the molecule is CCC1(C)NC(=O)N(CC(=O)Nc2ccc(F)cc2)C1=O. The lowest BCUT2D eigenvalue weighted by Gasteiger charge is -2.19. The van der Waals surface area contributed by atoms with Crippen LogP contribution in [0, 0.1) is 5.82 Å². The molecule has 0 aliphatic carbocycles. The molecule has 0 aromatic heterocycles. The molecule has 1 aliphatic heterocycles. The van der Waals surface area contributed by atoms with Gasteiger partial charge in [0.2, 0.25) is 5.91 Å². The Kier molecular flexibility index (Phi) is 3.93. The van der Waals surface area contributed by atoms with Crippen LogP contribution in [0.2, 0.25) is 0 Å². The van der Waals surface area contributed by atoms with Crippen LogP contribution in [-0.2, 0) is 9.59 Å². The van der Waals surface area contributed by atoms with Gasteiger partial charge in [0.15, 0.2) is 0 Å². The van der Waals surface area contributed by atoms with Gasteiger partial charge in [-0.05, 0) is 37.6 Å². The van der Waals surface area contributed by atoms with Gasteiger partial charge < -0.3 is 10.6 Å². The molecule has 0 saturated carbocycles. The number of urea groups is 1. The van der Waals surface area contributed by atoms with Crippen molar-refractivity contribution in [2.45, 2.75) is 25.8 Å². The zero-order valence-corrected chi connectivity index (χ0v) is 11.8. The van der Waals surface area contributed by atoms with E-state index < -0.39 is 29.2 Å². The third kappa shape index (κ3) is 3.01. The van der Waals surface area contributed by atoms with Crippen LogP contribution < -0.4 is 10.6 Å². The van der Waals surface area contributed by atoms with Crippen LogP contribution in [0.3, 0.4) is 0 Å². The summed E-state index contributed by atoms with van der Waals surface area (Å²) in [7, 11) is 0. The van der Waals surface area contributed by atoms with Crippen molar-refractivity contribution in [1.29, 1.82) is 0 Å². The van der Waals surface area contributed by atoms with Gasteiger partial charge >= 0.3 is 6.03 Å². The summed E-state index contributed by atoms with van der Waals surface area (Å²) in [6.07, 6.45) is 0.438. The monoisotopic (exact) mass is 293 g/mol. The highest BCUT2D eigenvalue weighted by molar-refractivity contribution is 6.09. The minimum absolute atomic E-state index is 0.377. The van der Waals surface area contributed by atoms with E-state index in [4.69, 9.17) is 0 Å². The van der Waals surface area contributed by atoms with Crippen LogP contribution in [0.4, 0.5) is 14.9 Å². The van der Waals surface area contributed by atoms with Gasteiger partial charge in [0, 0.05) is 5.69 Å². The number of nitrogens with one attached hydrogen (secondary N) is 2. The van der Waals surface area contributed by atoms with E-state index in [-0.39, 0.29) is 6.54 Å². The fourth-order valence-electron chi connectivity index (χ4n) is 2.01. The van der Waals surface area contributed by atoms with Gasteiger partial charge in [0.1, 0.15) is 17.9 Å². The second kappa shape index (κ2) is 5.51. The quantitative estimate of drug-likeness (QED) is 0.825. The summed E-state index contributed by atoms with van der Waals surface area (Å²) in [6.45, 7) is 3.02. The van der Waals surface area contributed by atoms with Crippen LogP contribution >= 0.6 is 0 Å². The fourth-order valence-corrected chi connectivity index (χ4v) is 2.01. The number of anilines is 1. The van der Waals surface area contributed by atoms with Crippen molar-refractivity contribution in [3.8, 4) is 0 Å². The van der Waals surface area contributed by atoms with E-state index in [1.54, 1.807) is 13.8 Å². The highest BCUT2D eigenvalue weighted by Crippen LogP contribution is 2.20. The first-order valence-corrected chi connectivity index (χ1v) is 6.55. The van der Waals surface area contributed by atoms with E-state index in [0.717, 1.165) is 4.90 Å². The zero-order chi connectivity index (χ0) is 15.6. The summed E-state index contributed by atoms with van der Waals surface area (Å²) in [6, 6.07) is 4.62. The van der Waals surface area contributed by atoms with E-state index >= 15 is 0 Å². The number of imide groups is 1. The lowest BCUT2D eigenvalue weighted by Crippen LogP contribution is -2.44. The summed E-state index contributed by atoms with van der Waals surface area (Å²) in [4.78, 5) is 36.6. The molecular weight excluding hydrogens is 277 g/mol. The Morgan fingerprint density at radius 2 is 1.95 bits per heavy atom. The van der Waals surface area contributed by atoms with Crippen LogP contribution in [0.15, 0.2) is 24.3 Å². The maximum absolute atomic E-state index is 12.8. The molecule has 6 nitrogen and oxygen atoms in total. The molecule has 1 fully saturated rings. The van der Waals surface area contributed by atoms with Crippen molar-refractivity contribution in [3.63, 3.8) is 0 Å². The number of carbonyl (C=O) groups excluding carboxylic acids is 3. The van der Waals surface area contributed by atoms with Crippen LogP contribution in [0.25, 0.3) is 0 Å². The summed E-state index contributed by atoms with van der Waals surface area (Å²) < 4.78 is 12.8. The molecule has 0 radical (unpaired) electrons. The average molecular weight is 293 g/mol. The predicted molar refractivity (Wildman–Crippen MR) is 74.0 cm³/mol. The molecule has 1 aliphatic rings. The number of halogens is 1. The molecule has 1 atom stereocenters. The maximum atomic E-state index is 12.8. The molecule has 2 N–H and O–H groups in total. The summed E-state index contributed by atoms with van der Waals surface area (Å²) in [5.41, 5.74) is -0.570. The van der Waals surface area contributed by atoms with Crippen molar-refractivity contribution < 1.29 is 18.8 Å². The number of hydrogen-bond acceptors (Lipinski definition) is 3. The Morgan fingerprint density at radius 1 is 1.33 bits per heavy atom. The van der Waals surface area contributed by atoms with E-state index in [0.29, 0.717) is 12.1 Å². The first-order valence-electron chi connectivity index (χ1n) is 6.55. The summed E-state index contributed by atoms with van der Waals surface area (Å²) >= 11 is 0. The second-order valence-corrected chi connectivity index (χ2v) is 5.06. The van der Waals surface area contributed by atoms with E-state index in [9.17, 15) is 18.8 Å². The first kappa shape index (κ1) is 15.0. The number of rotatable bonds is 4. The second-order valence-electron chi connectivity index (χ2n) is 5.06. The molecular formula is C14H16FN3O3. The van der Waals surface area contributed by atoms with Gasteiger partial charge in [-0.15, -0.1) is 0 Å². The van der Waals surface area contributed by atoms with Crippen LogP contribution in [0.5, 0.6) is 0 Å². The van der Waals surface area contributed by atoms with Gasteiger partial charge in [-0.2, -0.15) is 0 Å². The molecule has 1 aromatic carbocycles. The van der Waals surface area contributed by atoms with Gasteiger partial charge in [-0.3, -0.25) is 14.5 Å². The number of hydrogen-bond donors (Lipinski definition) is 2. The summed E-state index contributed by atoms with van der Waals surface area (Å²) in [5.74, 6) is -1.37. The number of benzene rings is 1. The maximum Gasteiger partial charge on any atom is 0.325 e. The number of amides is 4. The van der Waals surface area contributed by atoms with E-state index in [1.807, 2.05) is 0 Å². The Hall–Kier alpha value is -2.44. The number of carbonyl (C=O) groups is 3. The third-order valence-corrected chi connectivity index (χ3v) is 3.48. The van der Waals surface area contributed by atoms with Gasteiger partial charge in [0.05, 0.1) is 0 Å². The normalized spacial score (nSPS) is 21.4. The van der Waals surface area contributed by atoms with Crippen molar-refractivity contribution in [2.75, 3.05) is 11.9 Å². The highest BCUT2D eigenvalue weighted by atomic mass is 19.1. The molecule has 1 saturated heterocycles. The summed E-state index contributed by atoms with van der Waals surface area (Å²) in [5, 5.41) is 5.07. The lowest BCUT2D eigenvalue weighted by atomic mass is 9.99. The molecule has 4 amide bonds. The van der Waals surface area contributed by atoms with Crippen molar-refractivity contribution in [2.24, 2.45) is 0 Å². The molecule has 112 valence electrons. The Morgan fingerprint density at radius 3 is 2.48 bits per heavy atom. The molecule has 1 aromatic rings. The molecule has 0 bridgehead atoms. The Balaban J connectivity index is 2.01. The molecule has 21 heavy (non-hydrogen) atoms. The van der Waals surface area contributed by atoms with Gasteiger partial charge in [0.25, 0.3) is 5.91 Å². The van der Waals surface area contributed by atoms with Gasteiger partial charge in [-0.25, -0.2) is 9.18 Å².